The van der Waals surface area contributed by atoms with Crippen LogP contribution >= 0.6 is 0 Å². The lowest BCUT2D eigenvalue weighted by molar-refractivity contribution is 0.0963. The molecule has 3 heteroatoms. The Morgan fingerprint density at radius 3 is 2.71 bits per heavy atom. The number of amides is 1. The number of carbonyl (C=O) groups is 1. The summed E-state index contributed by atoms with van der Waals surface area (Å²) in [5.74, 6) is 1.46. The predicted molar refractivity (Wildman–Crippen MR) is 82.7 cm³/mol. The molecular weight excluding hydrogens is 262 g/mol. The van der Waals surface area contributed by atoms with Crippen molar-refractivity contribution in [2.75, 3.05) is 13.7 Å². The van der Waals surface area contributed by atoms with Crippen molar-refractivity contribution in [3.8, 4) is 5.75 Å². The van der Waals surface area contributed by atoms with Gasteiger partial charge in [-0.05, 0) is 42.2 Å². The van der Waals surface area contributed by atoms with Crippen LogP contribution in [-0.2, 0) is 12.8 Å². The number of hydrogen-bond donors (Lipinski definition) is 1. The van der Waals surface area contributed by atoms with Crippen LogP contribution in [0.1, 0.15) is 21.5 Å². The SMILES string of the molecule is CNC(=O)c1ccc(C[C@@H]2COc3ccccc3C2)cc1. The average molecular weight is 281 g/mol. The fourth-order valence-electron chi connectivity index (χ4n) is 2.79. The predicted octanol–water partition coefficient (Wildman–Crippen LogP) is 2.84. The zero-order valence-electron chi connectivity index (χ0n) is 12.1. The Morgan fingerprint density at radius 1 is 1.19 bits per heavy atom. The first-order valence-electron chi connectivity index (χ1n) is 7.28. The third-order valence-corrected chi connectivity index (χ3v) is 3.92. The third kappa shape index (κ3) is 3.07. The van der Waals surface area contributed by atoms with Gasteiger partial charge in [-0.15, -0.1) is 0 Å². The summed E-state index contributed by atoms with van der Waals surface area (Å²) < 4.78 is 5.82. The van der Waals surface area contributed by atoms with Gasteiger partial charge in [0.15, 0.2) is 0 Å². The van der Waals surface area contributed by atoms with Gasteiger partial charge in [0.2, 0.25) is 0 Å². The summed E-state index contributed by atoms with van der Waals surface area (Å²) in [5, 5.41) is 2.63. The second kappa shape index (κ2) is 6.00. The molecule has 2 aromatic carbocycles. The van der Waals surface area contributed by atoms with Gasteiger partial charge in [-0.25, -0.2) is 0 Å². The summed E-state index contributed by atoms with van der Waals surface area (Å²) >= 11 is 0. The summed E-state index contributed by atoms with van der Waals surface area (Å²) in [5.41, 5.74) is 3.23. The van der Waals surface area contributed by atoms with E-state index in [4.69, 9.17) is 4.74 Å². The Kier molecular flexibility index (Phi) is 3.91. The molecule has 1 N–H and O–H groups in total. The lowest BCUT2D eigenvalue weighted by Crippen LogP contribution is -2.22. The van der Waals surface area contributed by atoms with E-state index in [0.29, 0.717) is 11.5 Å². The van der Waals surface area contributed by atoms with Crippen molar-refractivity contribution in [3.05, 3.63) is 65.2 Å². The van der Waals surface area contributed by atoms with E-state index in [1.54, 1.807) is 7.05 Å². The van der Waals surface area contributed by atoms with Crippen LogP contribution in [0.15, 0.2) is 48.5 Å². The monoisotopic (exact) mass is 281 g/mol. The molecule has 0 saturated carbocycles. The molecule has 0 aromatic heterocycles. The molecule has 0 unspecified atom stereocenters. The highest BCUT2D eigenvalue weighted by molar-refractivity contribution is 5.93. The second-order valence-electron chi connectivity index (χ2n) is 5.47. The molecule has 1 heterocycles. The van der Waals surface area contributed by atoms with Gasteiger partial charge < -0.3 is 10.1 Å². The molecule has 0 spiro atoms. The summed E-state index contributed by atoms with van der Waals surface area (Å²) in [7, 11) is 1.65. The fourth-order valence-corrected chi connectivity index (χ4v) is 2.79. The number of para-hydroxylation sites is 1. The van der Waals surface area contributed by atoms with Crippen molar-refractivity contribution in [2.45, 2.75) is 12.8 Å². The van der Waals surface area contributed by atoms with Crippen LogP contribution < -0.4 is 10.1 Å². The quantitative estimate of drug-likeness (QED) is 0.939. The molecule has 0 radical (unpaired) electrons. The molecule has 0 bridgehead atoms. The normalized spacial score (nSPS) is 16.7. The standard InChI is InChI=1S/C18H19NO2/c1-19-18(20)15-8-6-13(7-9-15)10-14-11-16-4-2-3-5-17(16)21-12-14/h2-9,14H,10-12H2,1H3,(H,19,20)/t14-/m0/s1. The highest BCUT2D eigenvalue weighted by Crippen LogP contribution is 2.28. The van der Waals surface area contributed by atoms with Crippen LogP contribution in [0.3, 0.4) is 0 Å². The Labute approximate surface area is 124 Å². The van der Waals surface area contributed by atoms with Crippen LogP contribution in [0.4, 0.5) is 0 Å². The van der Waals surface area contributed by atoms with E-state index in [1.807, 2.05) is 36.4 Å². The Morgan fingerprint density at radius 2 is 1.95 bits per heavy atom. The zero-order chi connectivity index (χ0) is 14.7. The molecule has 21 heavy (non-hydrogen) atoms. The van der Waals surface area contributed by atoms with Gasteiger partial charge in [-0.3, -0.25) is 4.79 Å². The minimum absolute atomic E-state index is 0.0449. The lowest BCUT2D eigenvalue weighted by atomic mass is 9.91. The van der Waals surface area contributed by atoms with Crippen LogP contribution in [0.5, 0.6) is 5.75 Å². The van der Waals surface area contributed by atoms with Crippen molar-refractivity contribution in [1.29, 1.82) is 0 Å². The maximum Gasteiger partial charge on any atom is 0.251 e. The largest absolute Gasteiger partial charge is 0.493 e. The highest BCUT2D eigenvalue weighted by atomic mass is 16.5. The van der Waals surface area contributed by atoms with E-state index in [1.165, 1.54) is 11.1 Å². The molecule has 3 nitrogen and oxygen atoms in total. The molecule has 0 aliphatic carbocycles. The van der Waals surface area contributed by atoms with Crippen molar-refractivity contribution >= 4 is 5.91 Å². The Balaban J connectivity index is 1.66. The van der Waals surface area contributed by atoms with Gasteiger partial charge >= 0.3 is 0 Å². The van der Waals surface area contributed by atoms with Crippen molar-refractivity contribution in [2.24, 2.45) is 5.92 Å². The van der Waals surface area contributed by atoms with E-state index >= 15 is 0 Å². The Hall–Kier alpha value is -2.29. The second-order valence-corrected chi connectivity index (χ2v) is 5.47. The van der Waals surface area contributed by atoms with Gasteiger partial charge in [0.05, 0.1) is 6.61 Å². The summed E-state index contributed by atoms with van der Waals surface area (Å²) in [6, 6.07) is 16.1. The average Bonchev–Trinajstić information content (AvgIpc) is 2.55. The van der Waals surface area contributed by atoms with Crippen molar-refractivity contribution in [3.63, 3.8) is 0 Å². The number of carbonyl (C=O) groups excluding carboxylic acids is 1. The first kappa shape index (κ1) is 13.7. The van der Waals surface area contributed by atoms with E-state index in [0.717, 1.165) is 25.2 Å². The molecule has 0 fully saturated rings. The van der Waals surface area contributed by atoms with E-state index in [2.05, 4.69) is 17.4 Å². The zero-order valence-corrected chi connectivity index (χ0v) is 12.1. The minimum Gasteiger partial charge on any atom is -0.493 e. The van der Waals surface area contributed by atoms with Gasteiger partial charge in [0.1, 0.15) is 5.75 Å². The minimum atomic E-state index is -0.0449. The number of ether oxygens (including phenoxy) is 1. The van der Waals surface area contributed by atoms with Crippen molar-refractivity contribution < 1.29 is 9.53 Å². The molecule has 0 saturated heterocycles. The number of hydrogen-bond acceptors (Lipinski definition) is 2. The molecule has 108 valence electrons. The van der Waals surface area contributed by atoms with E-state index < -0.39 is 0 Å². The van der Waals surface area contributed by atoms with E-state index in [-0.39, 0.29) is 5.91 Å². The molecule has 1 aliphatic rings. The van der Waals surface area contributed by atoms with E-state index in [9.17, 15) is 4.79 Å². The molecule has 3 rings (SSSR count). The lowest BCUT2D eigenvalue weighted by Gasteiger charge is -2.25. The van der Waals surface area contributed by atoms with Crippen molar-refractivity contribution in [1.82, 2.24) is 5.32 Å². The molecular formula is C18H19NO2. The fraction of sp³-hybridized carbons (Fsp3) is 0.278. The van der Waals surface area contributed by atoms with Crippen LogP contribution in [-0.4, -0.2) is 19.6 Å². The van der Waals surface area contributed by atoms with Crippen LogP contribution in [0, 0.1) is 5.92 Å². The summed E-state index contributed by atoms with van der Waals surface area (Å²) in [6.07, 6.45) is 2.02. The van der Waals surface area contributed by atoms with Gasteiger partial charge in [-0.2, -0.15) is 0 Å². The number of rotatable bonds is 3. The van der Waals surface area contributed by atoms with Gasteiger partial charge in [0.25, 0.3) is 5.91 Å². The maximum absolute atomic E-state index is 11.5. The molecule has 1 amide bonds. The number of nitrogens with one attached hydrogen (secondary N) is 1. The molecule has 2 aromatic rings. The first-order valence-corrected chi connectivity index (χ1v) is 7.28. The smallest absolute Gasteiger partial charge is 0.251 e. The summed E-state index contributed by atoms with van der Waals surface area (Å²) in [4.78, 5) is 11.5. The van der Waals surface area contributed by atoms with Gasteiger partial charge in [0, 0.05) is 18.5 Å². The summed E-state index contributed by atoms with van der Waals surface area (Å²) in [6.45, 7) is 0.758. The Bertz CT molecular complexity index is 634. The molecule has 1 aliphatic heterocycles. The number of benzene rings is 2. The number of fused-ring (bicyclic) bond motifs is 1. The van der Waals surface area contributed by atoms with Crippen LogP contribution in [0.25, 0.3) is 0 Å². The highest BCUT2D eigenvalue weighted by Gasteiger charge is 2.19. The van der Waals surface area contributed by atoms with Gasteiger partial charge in [-0.1, -0.05) is 30.3 Å². The first-order chi connectivity index (χ1) is 10.3. The topological polar surface area (TPSA) is 38.3 Å². The maximum atomic E-state index is 11.5. The van der Waals surface area contributed by atoms with Crippen LogP contribution in [0.2, 0.25) is 0 Å². The third-order valence-electron chi connectivity index (χ3n) is 3.92. The molecule has 1 atom stereocenters.